The minimum absolute atomic E-state index is 0.0110. The SMILES string of the molecule is CCOC(=O)C1CCN(Cn2nc(Nc3ccc(OC)cc3)sc2=S)CC1. The van der Waals surface area contributed by atoms with Crippen LogP contribution in [0.15, 0.2) is 24.3 Å². The highest BCUT2D eigenvalue weighted by molar-refractivity contribution is 7.73. The van der Waals surface area contributed by atoms with Crippen molar-refractivity contribution in [2.24, 2.45) is 5.92 Å². The first-order valence-electron chi connectivity index (χ1n) is 8.97. The topological polar surface area (TPSA) is 68.6 Å². The highest BCUT2D eigenvalue weighted by atomic mass is 32.1. The number of hydrogen-bond donors (Lipinski definition) is 1. The van der Waals surface area contributed by atoms with Crippen molar-refractivity contribution in [3.63, 3.8) is 0 Å². The average Bonchev–Trinajstić information content (AvgIpc) is 3.02. The molecular formula is C18H24N4O3S2. The molecule has 0 saturated carbocycles. The molecule has 0 aliphatic carbocycles. The molecule has 146 valence electrons. The van der Waals surface area contributed by atoms with Crippen LogP contribution in [0.1, 0.15) is 19.8 Å². The van der Waals surface area contributed by atoms with Gasteiger partial charge in [0.15, 0.2) is 3.95 Å². The molecule has 2 aromatic rings. The fourth-order valence-electron chi connectivity index (χ4n) is 3.00. The van der Waals surface area contributed by atoms with Crippen molar-refractivity contribution in [3.8, 4) is 5.75 Å². The van der Waals surface area contributed by atoms with E-state index in [2.05, 4.69) is 15.3 Å². The molecule has 0 radical (unpaired) electrons. The van der Waals surface area contributed by atoms with E-state index in [1.54, 1.807) is 7.11 Å². The molecule has 7 nitrogen and oxygen atoms in total. The van der Waals surface area contributed by atoms with Gasteiger partial charge < -0.3 is 14.8 Å². The lowest BCUT2D eigenvalue weighted by molar-refractivity contribution is -0.149. The number of aromatic nitrogens is 2. The summed E-state index contributed by atoms with van der Waals surface area (Å²) in [5.74, 6) is 0.746. The maximum atomic E-state index is 11.8. The molecule has 0 unspecified atom stereocenters. The normalized spacial score (nSPS) is 15.5. The maximum absolute atomic E-state index is 11.8. The van der Waals surface area contributed by atoms with E-state index in [-0.39, 0.29) is 11.9 Å². The van der Waals surface area contributed by atoms with Crippen molar-refractivity contribution in [1.29, 1.82) is 0 Å². The van der Waals surface area contributed by atoms with E-state index in [0.29, 0.717) is 13.3 Å². The number of nitrogens with one attached hydrogen (secondary N) is 1. The number of carbonyl (C=O) groups excluding carboxylic acids is 1. The molecule has 1 aliphatic rings. The first kappa shape index (κ1) is 19.8. The molecule has 0 spiro atoms. The number of ether oxygens (including phenoxy) is 2. The molecule has 1 aliphatic heterocycles. The summed E-state index contributed by atoms with van der Waals surface area (Å²) in [7, 11) is 1.64. The zero-order chi connectivity index (χ0) is 19.2. The minimum Gasteiger partial charge on any atom is -0.497 e. The van der Waals surface area contributed by atoms with Crippen molar-refractivity contribution in [2.75, 3.05) is 32.1 Å². The van der Waals surface area contributed by atoms with Gasteiger partial charge in [-0.05, 0) is 56.2 Å². The molecule has 1 saturated heterocycles. The number of piperidine rings is 1. The Balaban J connectivity index is 1.55. The van der Waals surface area contributed by atoms with Crippen LogP contribution >= 0.6 is 23.6 Å². The summed E-state index contributed by atoms with van der Waals surface area (Å²) in [6.45, 7) is 4.59. The molecule has 0 bridgehead atoms. The van der Waals surface area contributed by atoms with E-state index >= 15 is 0 Å². The Morgan fingerprint density at radius 2 is 2.04 bits per heavy atom. The largest absolute Gasteiger partial charge is 0.497 e. The first-order chi connectivity index (χ1) is 13.1. The summed E-state index contributed by atoms with van der Waals surface area (Å²) in [4.78, 5) is 14.1. The molecule has 9 heteroatoms. The van der Waals surface area contributed by atoms with Gasteiger partial charge in [-0.1, -0.05) is 11.3 Å². The van der Waals surface area contributed by atoms with Gasteiger partial charge in [0.1, 0.15) is 5.75 Å². The van der Waals surface area contributed by atoms with Crippen molar-refractivity contribution in [1.82, 2.24) is 14.7 Å². The van der Waals surface area contributed by atoms with E-state index in [1.807, 2.05) is 35.9 Å². The van der Waals surface area contributed by atoms with Crippen LogP contribution in [0.25, 0.3) is 0 Å². The Kier molecular flexibility index (Phi) is 6.81. The Morgan fingerprint density at radius 3 is 2.67 bits per heavy atom. The Hall–Kier alpha value is -1.97. The van der Waals surface area contributed by atoms with Crippen LogP contribution in [0.3, 0.4) is 0 Å². The van der Waals surface area contributed by atoms with Gasteiger partial charge in [0.2, 0.25) is 5.13 Å². The lowest BCUT2D eigenvalue weighted by Crippen LogP contribution is -2.38. The summed E-state index contributed by atoms with van der Waals surface area (Å²) < 4.78 is 12.8. The third-order valence-corrected chi connectivity index (χ3v) is 5.71. The molecule has 2 heterocycles. The quantitative estimate of drug-likeness (QED) is 0.554. The molecule has 3 rings (SSSR count). The van der Waals surface area contributed by atoms with Gasteiger partial charge >= 0.3 is 5.97 Å². The van der Waals surface area contributed by atoms with Gasteiger partial charge in [-0.3, -0.25) is 9.69 Å². The number of esters is 1. The van der Waals surface area contributed by atoms with Gasteiger partial charge in [-0.25, -0.2) is 4.68 Å². The molecule has 1 fully saturated rings. The Morgan fingerprint density at radius 1 is 1.33 bits per heavy atom. The maximum Gasteiger partial charge on any atom is 0.309 e. The lowest BCUT2D eigenvalue weighted by Gasteiger charge is -2.30. The average molecular weight is 409 g/mol. The highest BCUT2D eigenvalue weighted by Gasteiger charge is 2.26. The van der Waals surface area contributed by atoms with Gasteiger partial charge in [-0.2, -0.15) is 0 Å². The Bertz CT molecular complexity index is 811. The summed E-state index contributed by atoms with van der Waals surface area (Å²) in [5.41, 5.74) is 0.932. The van der Waals surface area contributed by atoms with Crippen molar-refractivity contribution >= 4 is 40.3 Å². The summed E-state index contributed by atoms with van der Waals surface area (Å²) in [6, 6.07) is 7.67. The minimum atomic E-state index is -0.0756. The number of nitrogens with zero attached hydrogens (tertiary/aromatic N) is 3. The zero-order valence-corrected chi connectivity index (χ0v) is 17.1. The Labute approximate surface area is 167 Å². The van der Waals surface area contributed by atoms with Crippen LogP contribution in [-0.4, -0.2) is 47.5 Å². The third kappa shape index (κ3) is 5.27. The monoisotopic (exact) mass is 408 g/mol. The molecule has 1 aromatic heterocycles. The summed E-state index contributed by atoms with van der Waals surface area (Å²) in [5, 5.41) is 8.61. The van der Waals surface area contributed by atoms with Gasteiger partial charge in [-0.15, -0.1) is 5.10 Å². The van der Waals surface area contributed by atoms with E-state index in [4.69, 9.17) is 21.7 Å². The second-order valence-electron chi connectivity index (χ2n) is 6.31. The number of methoxy groups -OCH3 is 1. The van der Waals surface area contributed by atoms with Gasteiger partial charge in [0.05, 0.1) is 26.3 Å². The summed E-state index contributed by atoms with van der Waals surface area (Å²) in [6.07, 6.45) is 1.63. The second kappa shape index (κ2) is 9.29. The highest BCUT2D eigenvalue weighted by Crippen LogP contribution is 2.24. The van der Waals surface area contributed by atoms with E-state index < -0.39 is 0 Å². The first-order valence-corrected chi connectivity index (χ1v) is 10.2. The third-order valence-electron chi connectivity index (χ3n) is 4.49. The molecular weight excluding hydrogens is 384 g/mol. The van der Waals surface area contributed by atoms with E-state index in [9.17, 15) is 4.79 Å². The number of benzene rings is 1. The van der Waals surface area contributed by atoms with Crippen LogP contribution in [-0.2, 0) is 16.2 Å². The fourth-order valence-corrected chi connectivity index (χ4v) is 4.02. The molecule has 0 atom stereocenters. The predicted octanol–water partition coefficient (Wildman–Crippen LogP) is 3.66. The number of hydrogen-bond acceptors (Lipinski definition) is 8. The van der Waals surface area contributed by atoms with Crippen LogP contribution in [0.5, 0.6) is 5.75 Å². The number of carbonyl (C=O) groups is 1. The number of rotatable bonds is 7. The van der Waals surface area contributed by atoms with Crippen LogP contribution < -0.4 is 10.1 Å². The van der Waals surface area contributed by atoms with E-state index in [0.717, 1.165) is 46.5 Å². The second-order valence-corrected chi connectivity index (χ2v) is 7.93. The number of likely N-dealkylation sites (tertiary alicyclic amines) is 1. The zero-order valence-electron chi connectivity index (χ0n) is 15.5. The molecule has 1 aromatic carbocycles. The molecule has 27 heavy (non-hydrogen) atoms. The molecule has 1 N–H and O–H groups in total. The summed E-state index contributed by atoms with van der Waals surface area (Å²) >= 11 is 6.90. The van der Waals surface area contributed by atoms with Crippen molar-refractivity contribution in [2.45, 2.75) is 26.4 Å². The lowest BCUT2D eigenvalue weighted by atomic mass is 9.97. The van der Waals surface area contributed by atoms with Crippen LogP contribution in [0.4, 0.5) is 10.8 Å². The molecule has 0 amide bonds. The standard InChI is InChI=1S/C18H24N4O3S2/c1-3-25-16(23)13-8-10-21(11-9-13)12-22-18(26)27-17(20-22)19-14-4-6-15(24-2)7-5-14/h4-7,13H,3,8-12H2,1-2H3,(H,19,20). The van der Waals surface area contributed by atoms with Crippen LogP contribution in [0.2, 0.25) is 0 Å². The number of anilines is 2. The van der Waals surface area contributed by atoms with Crippen molar-refractivity contribution < 1.29 is 14.3 Å². The predicted molar refractivity (Wildman–Crippen MR) is 108 cm³/mol. The van der Waals surface area contributed by atoms with Gasteiger partial charge in [0, 0.05) is 18.8 Å². The van der Waals surface area contributed by atoms with Crippen molar-refractivity contribution in [3.05, 3.63) is 28.2 Å². The van der Waals surface area contributed by atoms with E-state index in [1.165, 1.54) is 11.3 Å². The van der Waals surface area contributed by atoms with Gasteiger partial charge in [0.25, 0.3) is 0 Å². The smallest absolute Gasteiger partial charge is 0.309 e. The fraction of sp³-hybridized carbons (Fsp3) is 0.500. The van der Waals surface area contributed by atoms with Crippen LogP contribution in [0, 0.1) is 9.87 Å².